The lowest BCUT2D eigenvalue weighted by Crippen LogP contribution is -2.27. The van der Waals surface area contributed by atoms with E-state index in [9.17, 15) is 8.42 Å². The van der Waals surface area contributed by atoms with E-state index in [2.05, 4.69) is 9.71 Å². The molecule has 0 spiro atoms. The molecule has 0 saturated carbocycles. The van der Waals surface area contributed by atoms with Gasteiger partial charge in [0, 0.05) is 13.1 Å². The quantitative estimate of drug-likeness (QED) is 0.869. The number of hydrogen-bond donors (Lipinski definition) is 1. The Hall–Kier alpha value is -2.68. The molecule has 21 heavy (non-hydrogen) atoms. The lowest BCUT2D eigenvalue weighted by atomic mass is 10.3. The average molecular weight is 301 g/mol. The van der Waals surface area contributed by atoms with Crippen LogP contribution in [-0.2, 0) is 16.6 Å². The van der Waals surface area contributed by atoms with Crippen LogP contribution in [0.2, 0.25) is 0 Å². The summed E-state index contributed by atoms with van der Waals surface area (Å²) in [7, 11) is -3.58. The van der Waals surface area contributed by atoms with Crippen molar-refractivity contribution in [1.29, 1.82) is 10.5 Å². The fraction of sp³-hybridized carbons (Fsp3) is 0.154. The van der Waals surface area contributed by atoms with Gasteiger partial charge in [-0.2, -0.15) is 10.5 Å². The van der Waals surface area contributed by atoms with Crippen LogP contribution < -0.4 is 4.72 Å². The fourth-order valence-electron chi connectivity index (χ4n) is 1.73. The number of benzene rings is 1. The van der Waals surface area contributed by atoms with Crippen LogP contribution in [0.3, 0.4) is 0 Å². The number of nitrogens with zero attached hydrogens (tertiary/aromatic N) is 4. The third kappa shape index (κ3) is 3.26. The highest BCUT2D eigenvalue weighted by atomic mass is 32.2. The maximum Gasteiger partial charge on any atom is 0.240 e. The number of aromatic nitrogens is 2. The van der Waals surface area contributed by atoms with E-state index in [0.717, 1.165) is 0 Å². The average Bonchev–Trinajstić information content (AvgIpc) is 2.90. The van der Waals surface area contributed by atoms with Gasteiger partial charge >= 0.3 is 0 Å². The van der Waals surface area contributed by atoms with Gasteiger partial charge in [-0.25, -0.2) is 18.1 Å². The second kappa shape index (κ2) is 6.18. The summed E-state index contributed by atoms with van der Waals surface area (Å²) in [6, 6.07) is 11.7. The van der Waals surface area contributed by atoms with Crippen LogP contribution >= 0.6 is 0 Å². The number of hydrogen-bond acceptors (Lipinski definition) is 5. The fourth-order valence-corrected chi connectivity index (χ4v) is 2.78. The van der Waals surface area contributed by atoms with Gasteiger partial charge in [0.2, 0.25) is 10.0 Å². The Morgan fingerprint density at radius 1 is 1.19 bits per heavy atom. The molecular weight excluding hydrogens is 290 g/mol. The molecule has 0 unspecified atom stereocenters. The number of sulfonamides is 1. The summed E-state index contributed by atoms with van der Waals surface area (Å²) in [5, 5.41) is 17.7. The maximum atomic E-state index is 12.0. The first-order chi connectivity index (χ1) is 10.1. The van der Waals surface area contributed by atoms with E-state index in [1.165, 1.54) is 23.0 Å². The minimum atomic E-state index is -3.58. The van der Waals surface area contributed by atoms with Gasteiger partial charge in [-0.1, -0.05) is 18.2 Å². The molecule has 0 aliphatic heterocycles. The number of nitriles is 2. The van der Waals surface area contributed by atoms with E-state index in [0.29, 0.717) is 0 Å². The second-order valence-corrected chi connectivity index (χ2v) is 5.84. The van der Waals surface area contributed by atoms with Crippen molar-refractivity contribution in [3.63, 3.8) is 0 Å². The van der Waals surface area contributed by atoms with Crippen LogP contribution in [-0.4, -0.2) is 24.5 Å². The third-order valence-corrected chi connectivity index (χ3v) is 4.22. The summed E-state index contributed by atoms with van der Waals surface area (Å²) < 4.78 is 27.8. The van der Waals surface area contributed by atoms with E-state index < -0.39 is 10.0 Å². The van der Waals surface area contributed by atoms with E-state index in [4.69, 9.17) is 10.5 Å². The molecule has 7 nitrogen and oxygen atoms in total. The monoisotopic (exact) mass is 301 g/mol. The standard InChI is InChI=1S/C13H11N5O2S/c14-8-12-13(9-15)18(10-16-12)7-6-17-21(19,20)11-4-2-1-3-5-11/h1-5,10,17H,6-7H2. The smallest absolute Gasteiger partial charge is 0.240 e. The summed E-state index contributed by atoms with van der Waals surface area (Å²) in [6.45, 7) is 0.302. The molecule has 2 rings (SSSR count). The first kappa shape index (κ1) is 14.7. The van der Waals surface area contributed by atoms with Crippen LogP contribution in [0.1, 0.15) is 11.4 Å². The second-order valence-electron chi connectivity index (χ2n) is 4.07. The minimum absolute atomic E-state index is 0.0309. The van der Waals surface area contributed by atoms with Gasteiger partial charge < -0.3 is 4.57 Å². The van der Waals surface area contributed by atoms with E-state index >= 15 is 0 Å². The Bertz CT molecular complexity index is 812. The first-order valence-corrected chi connectivity index (χ1v) is 7.47. The SMILES string of the molecule is N#Cc1ncn(CCNS(=O)(=O)c2ccccc2)c1C#N. The zero-order chi connectivity index (χ0) is 15.3. The molecule has 8 heteroatoms. The predicted molar refractivity (Wildman–Crippen MR) is 73.3 cm³/mol. The van der Waals surface area contributed by atoms with Gasteiger partial charge in [-0.15, -0.1) is 0 Å². The molecule has 0 amide bonds. The minimum Gasteiger partial charge on any atom is -0.320 e. The van der Waals surface area contributed by atoms with Crippen LogP contribution in [0.5, 0.6) is 0 Å². The Morgan fingerprint density at radius 3 is 2.52 bits per heavy atom. The van der Waals surface area contributed by atoms with Gasteiger partial charge in [0.1, 0.15) is 12.1 Å². The van der Waals surface area contributed by atoms with Gasteiger partial charge in [0.05, 0.1) is 11.2 Å². The van der Waals surface area contributed by atoms with Crippen molar-refractivity contribution in [1.82, 2.24) is 14.3 Å². The van der Waals surface area contributed by atoms with Crippen molar-refractivity contribution in [2.24, 2.45) is 0 Å². The molecule has 1 N–H and O–H groups in total. The molecule has 0 aliphatic carbocycles. The number of imidazole rings is 1. The Balaban J connectivity index is 2.05. The summed E-state index contributed by atoms with van der Waals surface area (Å²) in [4.78, 5) is 3.96. The van der Waals surface area contributed by atoms with E-state index in [1.807, 2.05) is 6.07 Å². The summed E-state index contributed by atoms with van der Waals surface area (Å²) >= 11 is 0. The largest absolute Gasteiger partial charge is 0.320 e. The molecule has 106 valence electrons. The van der Waals surface area contributed by atoms with Crippen molar-refractivity contribution < 1.29 is 8.42 Å². The summed E-state index contributed by atoms with van der Waals surface area (Å²) in [5.41, 5.74) is 0.153. The Morgan fingerprint density at radius 2 is 1.90 bits per heavy atom. The normalized spacial score (nSPS) is 10.8. The Labute approximate surface area is 122 Å². The van der Waals surface area contributed by atoms with Crippen molar-refractivity contribution in [3.05, 3.63) is 48.0 Å². The molecule has 0 aliphatic rings. The van der Waals surface area contributed by atoms with E-state index in [1.54, 1.807) is 24.3 Å². The molecule has 1 aromatic heterocycles. The van der Waals surface area contributed by atoms with E-state index in [-0.39, 0.29) is 29.4 Å². The molecular formula is C13H11N5O2S. The third-order valence-electron chi connectivity index (χ3n) is 2.75. The molecule has 1 heterocycles. The first-order valence-electron chi connectivity index (χ1n) is 5.98. The number of nitrogens with one attached hydrogen (secondary N) is 1. The van der Waals surface area contributed by atoms with Gasteiger partial charge in [-0.3, -0.25) is 0 Å². The number of rotatable bonds is 5. The molecule has 0 radical (unpaired) electrons. The van der Waals surface area contributed by atoms with Gasteiger partial charge in [0.15, 0.2) is 11.4 Å². The van der Waals surface area contributed by atoms with Crippen molar-refractivity contribution in [3.8, 4) is 12.1 Å². The highest BCUT2D eigenvalue weighted by Gasteiger charge is 2.14. The molecule has 1 aromatic carbocycles. The summed E-state index contributed by atoms with van der Waals surface area (Å²) in [5.74, 6) is 0. The highest BCUT2D eigenvalue weighted by molar-refractivity contribution is 7.89. The maximum absolute atomic E-state index is 12.0. The van der Waals surface area contributed by atoms with Crippen LogP contribution in [0.25, 0.3) is 0 Å². The molecule has 0 bridgehead atoms. The van der Waals surface area contributed by atoms with Crippen LogP contribution in [0.4, 0.5) is 0 Å². The van der Waals surface area contributed by atoms with Crippen molar-refractivity contribution in [2.45, 2.75) is 11.4 Å². The van der Waals surface area contributed by atoms with Crippen molar-refractivity contribution >= 4 is 10.0 Å². The summed E-state index contributed by atoms with van der Waals surface area (Å²) in [6.07, 6.45) is 1.34. The van der Waals surface area contributed by atoms with Gasteiger partial charge in [-0.05, 0) is 12.1 Å². The molecule has 0 saturated heterocycles. The molecule has 0 atom stereocenters. The zero-order valence-electron chi connectivity index (χ0n) is 10.9. The topological polar surface area (TPSA) is 112 Å². The Kier molecular flexibility index (Phi) is 4.33. The lowest BCUT2D eigenvalue weighted by molar-refractivity contribution is 0.572. The van der Waals surface area contributed by atoms with Crippen molar-refractivity contribution in [2.75, 3.05) is 6.54 Å². The van der Waals surface area contributed by atoms with Gasteiger partial charge in [0.25, 0.3) is 0 Å². The zero-order valence-corrected chi connectivity index (χ0v) is 11.7. The molecule has 0 fully saturated rings. The van der Waals surface area contributed by atoms with Crippen LogP contribution in [0, 0.1) is 22.7 Å². The van der Waals surface area contributed by atoms with Crippen LogP contribution in [0.15, 0.2) is 41.6 Å². The molecule has 2 aromatic rings. The lowest BCUT2D eigenvalue weighted by Gasteiger charge is -2.07. The predicted octanol–water partition coefficient (Wildman–Crippen LogP) is 0.605. The highest BCUT2D eigenvalue weighted by Crippen LogP contribution is 2.07.